The Kier molecular flexibility index (Phi) is 6.55. The summed E-state index contributed by atoms with van der Waals surface area (Å²) in [7, 11) is 0. The first-order chi connectivity index (χ1) is 14.7. The first kappa shape index (κ1) is 20.3. The number of benzene rings is 1. The van der Waals surface area contributed by atoms with Crippen molar-refractivity contribution in [3.63, 3.8) is 0 Å². The molecule has 0 amide bonds. The Hall–Kier alpha value is -2.98. The zero-order valence-electron chi connectivity index (χ0n) is 16.1. The van der Waals surface area contributed by atoms with Gasteiger partial charge in [0.2, 0.25) is 5.78 Å². The fourth-order valence-corrected chi connectivity index (χ4v) is 3.36. The van der Waals surface area contributed by atoms with Gasteiger partial charge in [-0.05, 0) is 43.4 Å². The Balaban J connectivity index is 1.65. The number of aromatic nitrogens is 2. The molecule has 1 fully saturated rings. The van der Waals surface area contributed by atoms with Gasteiger partial charge in [-0.2, -0.15) is 0 Å². The molecular weight excluding hydrogens is 404 g/mol. The number of halogens is 1. The summed E-state index contributed by atoms with van der Waals surface area (Å²) in [6, 6.07) is 10.7. The van der Waals surface area contributed by atoms with Gasteiger partial charge in [-0.3, -0.25) is 9.78 Å². The molecule has 1 aliphatic heterocycles. The number of Topliss-reactive ketones (excluding diaryl/α,β-unsaturated/α-hetero) is 1. The van der Waals surface area contributed by atoms with Crippen molar-refractivity contribution in [2.75, 3.05) is 6.61 Å². The SMILES string of the molecule is O=C(C#Cc1cccnc1)c1c(-c2ccccc2Cl)noc1COC1CCCCO1. The van der Waals surface area contributed by atoms with Gasteiger partial charge in [0.25, 0.3) is 0 Å². The van der Waals surface area contributed by atoms with E-state index in [0.29, 0.717) is 34.2 Å². The number of rotatable bonds is 5. The molecule has 3 aromatic rings. The van der Waals surface area contributed by atoms with Gasteiger partial charge >= 0.3 is 0 Å². The van der Waals surface area contributed by atoms with Crippen LogP contribution >= 0.6 is 11.6 Å². The lowest BCUT2D eigenvalue weighted by molar-refractivity contribution is -0.171. The van der Waals surface area contributed by atoms with Gasteiger partial charge < -0.3 is 14.0 Å². The third-order valence-electron chi connectivity index (χ3n) is 4.64. The Labute approximate surface area is 179 Å². The van der Waals surface area contributed by atoms with Crippen LogP contribution in [0.5, 0.6) is 0 Å². The van der Waals surface area contributed by atoms with E-state index in [0.717, 1.165) is 19.3 Å². The van der Waals surface area contributed by atoms with Gasteiger partial charge in [0.05, 0.1) is 5.02 Å². The topological polar surface area (TPSA) is 74.5 Å². The maximum Gasteiger partial charge on any atom is 0.242 e. The molecule has 6 nitrogen and oxygen atoms in total. The van der Waals surface area contributed by atoms with E-state index in [-0.39, 0.29) is 18.5 Å². The minimum atomic E-state index is -0.432. The van der Waals surface area contributed by atoms with Crippen LogP contribution in [0.25, 0.3) is 11.3 Å². The maximum absolute atomic E-state index is 13.0. The van der Waals surface area contributed by atoms with Crippen LogP contribution in [0.3, 0.4) is 0 Å². The molecule has 0 aliphatic carbocycles. The minimum absolute atomic E-state index is 0.0533. The Morgan fingerprint density at radius 1 is 1.23 bits per heavy atom. The van der Waals surface area contributed by atoms with Crippen LogP contribution in [0.1, 0.15) is 40.9 Å². The van der Waals surface area contributed by atoms with Gasteiger partial charge in [-0.15, -0.1) is 0 Å². The Morgan fingerprint density at radius 3 is 2.90 bits per heavy atom. The van der Waals surface area contributed by atoms with Gasteiger partial charge in [-0.25, -0.2) is 0 Å². The molecule has 0 radical (unpaired) electrons. The Bertz CT molecular complexity index is 1080. The molecule has 0 spiro atoms. The average Bonchev–Trinajstić information content (AvgIpc) is 3.21. The number of hydrogen-bond donors (Lipinski definition) is 0. The van der Waals surface area contributed by atoms with Gasteiger partial charge in [-0.1, -0.05) is 40.9 Å². The first-order valence-electron chi connectivity index (χ1n) is 9.65. The second-order valence-corrected chi connectivity index (χ2v) is 7.14. The third-order valence-corrected chi connectivity index (χ3v) is 4.97. The van der Waals surface area contributed by atoms with E-state index in [2.05, 4.69) is 22.0 Å². The molecule has 0 bridgehead atoms. The fraction of sp³-hybridized carbons (Fsp3) is 0.261. The van der Waals surface area contributed by atoms with E-state index in [1.165, 1.54) is 0 Å². The molecule has 3 heterocycles. The zero-order valence-corrected chi connectivity index (χ0v) is 16.9. The lowest BCUT2D eigenvalue weighted by atomic mass is 10.0. The highest BCUT2D eigenvalue weighted by Gasteiger charge is 2.25. The van der Waals surface area contributed by atoms with Crippen molar-refractivity contribution in [1.82, 2.24) is 10.1 Å². The summed E-state index contributed by atoms with van der Waals surface area (Å²) in [4.78, 5) is 17.0. The predicted molar refractivity (Wildman–Crippen MR) is 111 cm³/mol. The summed E-state index contributed by atoms with van der Waals surface area (Å²) in [6.45, 7) is 0.714. The molecule has 1 unspecified atom stereocenters. The van der Waals surface area contributed by atoms with E-state index >= 15 is 0 Å². The third kappa shape index (κ3) is 4.77. The van der Waals surface area contributed by atoms with Crippen LogP contribution in [0, 0.1) is 11.8 Å². The lowest BCUT2D eigenvalue weighted by Gasteiger charge is -2.22. The number of nitrogens with zero attached hydrogens (tertiary/aromatic N) is 2. The summed E-state index contributed by atoms with van der Waals surface area (Å²) >= 11 is 6.33. The van der Waals surface area contributed by atoms with Crippen molar-refractivity contribution < 1.29 is 18.8 Å². The Morgan fingerprint density at radius 2 is 2.13 bits per heavy atom. The zero-order chi connectivity index (χ0) is 20.8. The molecule has 1 aromatic carbocycles. The molecule has 1 aliphatic rings. The van der Waals surface area contributed by atoms with E-state index in [9.17, 15) is 4.79 Å². The van der Waals surface area contributed by atoms with Crippen molar-refractivity contribution in [2.45, 2.75) is 32.2 Å². The van der Waals surface area contributed by atoms with Crippen LogP contribution < -0.4 is 0 Å². The number of ether oxygens (including phenoxy) is 2. The molecular formula is C23H19ClN2O4. The van der Waals surface area contributed by atoms with Crippen molar-refractivity contribution >= 4 is 17.4 Å². The second-order valence-electron chi connectivity index (χ2n) is 6.74. The number of hydrogen-bond acceptors (Lipinski definition) is 6. The molecule has 0 saturated carbocycles. The molecule has 4 rings (SSSR count). The van der Waals surface area contributed by atoms with Gasteiger partial charge in [0.15, 0.2) is 12.1 Å². The van der Waals surface area contributed by atoms with Crippen molar-refractivity contribution in [3.8, 4) is 23.1 Å². The van der Waals surface area contributed by atoms with E-state index in [1.54, 1.807) is 42.7 Å². The lowest BCUT2D eigenvalue weighted by Crippen LogP contribution is -2.22. The number of carbonyl (C=O) groups is 1. The average molecular weight is 423 g/mol. The predicted octanol–water partition coefficient (Wildman–Crippen LogP) is 4.67. The highest BCUT2D eigenvalue weighted by atomic mass is 35.5. The monoisotopic (exact) mass is 422 g/mol. The minimum Gasteiger partial charge on any atom is -0.357 e. The fourth-order valence-electron chi connectivity index (χ4n) is 3.13. The van der Waals surface area contributed by atoms with Crippen molar-refractivity contribution in [2.24, 2.45) is 0 Å². The van der Waals surface area contributed by atoms with Crippen molar-refractivity contribution in [1.29, 1.82) is 0 Å². The van der Waals surface area contributed by atoms with E-state index < -0.39 is 5.78 Å². The smallest absolute Gasteiger partial charge is 0.242 e. The largest absolute Gasteiger partial charge is 0.357 e. The number of ketones is 1. The summed E-state index contributed by atoms with van der Waals surface area (Å²) in [5, 5.41) is 4.57. The molecule has 152 valence electrons. The number of pyridine rings is 1. The molecule has 1 saturated heterocycles. The summed E-state index contributed by atoms with van der Waals surface area (Å²) in [5.41, 5.74) is 1.81. The maximum atomic E-state index is 13.0. The van der Waals surface area contributed by atoms with Gasteiger partial charge in [0, 0.05) is 30.1 Å². The number of carbonyl (C=O) groups excluding carboxylic acids is 1. The van der Waals surface area contributed by atoms with E-state index in [1.807, 2.05) is 6.07 Å². The molecule has 1 atom stereocenters. The normalized spacial score (nSPS) is 16.0. The highest BCUT2D eigenvalue weighted by molar-refractivity contribution is 6.33. The second kappa shape index (κ2) is 9.68. The summed E-state index contributed by atoms with van der Waals surface area (Å²) < 4.78 is 16.9. The molecule has 0 N–H and O–H groups in total. The van der Waals surface area contributed by atoms with Crippen LogP contribution in [0.2, 0.25) is 5.02 Å². The first-order valence-corrected chi connectivity index (χ1v) is 10.0. The molecule has 30 heavy (non-hydrogen) atoms. The molecule has 2 aromatic heterocycles. The van der Waals surface area contributed by atoms with Crippen LogP contribution in [-0.2, 0) is 16.1 Å². The molecule has 7 heteroatoms. The van der Waals surface area contributed by atoms with Crippen LogP contribution in [0.4, 0.5) is 0 Å². The van der Waals surface area contributed by atoms with E-state index in [4.69, 9.17) is 25.6 Å². The summed E-state index contributed by atoms with van der Waals surface area (Å²) in [5.74, 6) is 5.34. The quantitative estimate of drug-likeness (QED) is 0.439. The highest BCUT2D eigenvalue weighted by Crippen LogP contribution is 2.32. The van der Waals surface area contributed by atoms with Crippen molar-refractivity contribution in [3.05, 3.63) is 70.7 Å². The van der Waals surface area contributed by atoms with Crippen LogP contribution in [0.15, 0.2) is 53.3 Å². The summed E-state index contributed by atoms with van der Waals surface area (Å²) in [6.07, 6.45) is 5.77. The van der Waals surface area contributed by atoms with Gasteiger partial charge in [0.1, 0.15) is 17.9 Å². The standard InChI is InChI=1S/C23H19ClN2O4/c24-18-8-2-1-7-17(18)23-22(19(27)11-10-16-6-5-12-25-14-16)20(30-26-23)15-29-21-9-3-4-13-28-21/h1-2,5-8,12,14,21H,3-4,9,13,15H2. The van der Waals surface area contributed by atoms with Crippen LogP contribution in [-0.4, -0.2) is 28.8 Å².